The van der Waals surface area contributed by atoms with E-state index in [2.05, 4.69) is 5.10 Å². The number of hydrogen-bond acceptors (Lipinski definition) is 5. The molecule has 0 bridgehead atoms. The van der Waals surface area contributed by atoms with Gasteiger partial charge in [0.1, 0.15) is 5.82 Å². The van der Waals surface area contributed by atoms with E-state index in [1.807, 2.05) is 30.3 Å². The fourth-order valence-corrected chi connectivity index (χ4v) is 2.52. The first-order chi connectivity index (χ1) is 11.1. The van der Waals surface area contributed by atoms with Crippen LogP contribution in [0.2, 0.25) is 0 Å². The lowest BCUT2D eigenvalue weighted by molar-refractivity contribution is -0.149. The van der Waals surface area contributed by atoms with E-state index < -0.39 is 23.7 Å². The lowest BCUT2D eigenvalue weighted by Crippen LogP contribution is -2.51. The van der Waals surface area contributed by atoms with E-state index in [9.17, 15) is 14.4 Å². The number of nitrogens with zero attached hydrogens (tertiary/aromatic N) is 3. The van der Waals surface area contributed by atoms with Crippen LogP contribution in [-0.4, -0.2) is 34.2 Å². The maximum Gasteiger partial charge on any atom is 0.328 e. The second-order valence-corrected chi connectivity index (χ2v) is 5.03. The number of benzene rings is 1. The van der Waals surface area contributed by atoms with Crippen LogP contribution in [0.3, 0.4) is 0 Å². The maximum atomic E-state index is 12.7. The Morgan fingerprint density at radius 3 is 2.61 bits per heavy atom. The first-order valence-corrected chi connectivity index (χ1v) is 7.23. The minimum absolute atomic E-state index is 0.0978. The van der Waals surface area contributed by atoms with Gasteiger partial charge in [-0.25, -0.2) is 0 Å². The molecule has 7 heteroatoms. The summed E-state index contributed by atoms with van der Waals surface area (Å²) in [5.41, 5.74) is 0.880. The topological polar surface area (TPSA) is 81.5 Å². The lowest BCUT2D eigenvalue weighted by atomic mass is 10.0. The second-order valence-electron chi connectivity index (χ2n) is 5.03. The molecule has 1 amide bonds. The summed E-state index contributed by atoms with van der Waals surface area (Å²) in [6.45, 7) is 1.96. The molecular formula is C16H15N3O4. The van der Waals surface area contributed by atoms with E-state index in [1.165, 1.54) is 11.1 Å². The standard InChI is InChI=1S/C16H15N3O4/c1-2-23-16(22)13-14(20)18(10-11-6-4-3-5-7-11)12-8-9-17-19(12)15(13)21/h3-9,13H,2,10H2,1H3. The molecule has 0 aliphatic carbocycles. The Kier molecular flexibility index (Phi) is 3.92. The summed E-state index contributed by atoms with van der Waals surface area (Å²) in [6, 6.07) is 10.9. The zero-order valence-corrected chi connectivity index (χ0v) is 12.5. The Morgan fingerprint density at radius 2 is 1.91 bits per heavy atom. The van der Waals surface area contributed by atoms with Crippen molar-refractivity contribution in [2.75, 3.05) is 11.5 Å². The fourth-order valence-electron chi connectivity index (χ4n) is 2.52. The number of carbonyl (C=O) groups is 3. The average Bonchev–Trinajstić information content (AvgIpc) is 3.03. The molecule has 0 radical (unpaired) electrons. The monoisotopic (exact) mass is 313 g/mol. The molecule has 0 saturated heterocycles. The van der Waals surface area contributed by atoms with E-state index >= 15 is 0 Å². The van der Waals surface area contributed by atoms with Crippen molar-refractivity contribution in [2.45, 2.75) is 13.5 Å². The van der Waals surface area contributed by atoms with Crippen molar-refractivity contribution in [3.8, 4) is 0 Å². The Bertz CT molecular complexity index is 754. The molecular weight excluding hydrogens is 298 g/mol. The van der Waals surface area contributed by atoms with Crippen molar-refractivity contribution in [1.29, 1.82) is 0 Å². The van der Waals surface area contributed by atoms with Crippen molar-refractivity contribution < 1.29 is 19.1 Å². The summed E-state index contributed by atoms with van der Waals surface area (Å²) in [5, 5.41) is 3.92. The number of fused-ring (bicyclic) bond motifs is 1. The number of aromatic nitrogens is 2. The normalized spacial score (nSPS) is 17.1. The van der Waals surface area contributed by atoms with Crippen LogP contribution in [0.15, 0.2) is 42.6 Å². The van der Waals surface area contributed by atoms with E-state index in [0.29, 0.717) is 5.82 Å². The molecule has 1 aromatic carbocycles. The molecule has 0 fully saturated rings. The highest BCUT2D eigenvalue weighted by atomic mass is 16.5. The molecule has 7 nitrogen and oxygen atoms in total. The third-order valence-electron chi connectivity index (χ3n) is 3.57. The summed E-state index contributed by atoms with van der Waals surface area (Å²) < 4.78 is 5.94. The molecule has 23 heavy (non-hydrogen) atoms. The number of rotatable bonds is 4. The van der Waals surface area contributed by atoms with E-state index in [1.54, 1.807) is 13.0 Å². The highest BCUT2D eigenvalue weighted by Gasteiger charge is 2.45. The molecule has 2 aromatic rings. The molecule has 1 aliphatic rings. The Balaban J connectivity index is 1.98. The Morgan fingerprint density at radius 1 is 1.17 bits per heavy atom. The fraction of sp³-hybridized carbons (Fsp3) is 0.250. The first-order valence-electron chi connectivity index (χ1n) is 7.23. The predicted molar refractivity (Wildman–Crippen MR) is 80.6 cm³/mol. The van der Waals surface area contributed by atoms with Gasteiger partial charge in [-0.3, -0.25) is 19.3 Å². The van der Waals surface area contributed by atoms with Crippen LogP contribution in [0.1, 0.15) is 17.3 Å². The van der Waals surface area contributed by atoms with Crippen LogP contribution in [0.25, 0.3) is 0 Å². The highest BCUT2D eigenvalue weighted by molar-refractivity contribution is 6.23. The molecule has 2 heterocycles. The number of esters is 1. The third-order valence-corrected chi connectivity index (χ3v) is 3.57. The van der Waals surface area contributed by atoms with Gasteiger partial charge in [0.25, 0.3) is 11.8 Å². The molecule has 0 N–H and O–H groups in total. The van der Waals surface area contributed by atoms with E-state index in [-0.39, 0.29) is 13.2 Å². The minimum atomic E-state index is -1.51. The SMILES string of the molecule is CCOC(=O)C1C(=O)N(Cc2ccccc2)c2ccnn2C1=O. The number of carbonyl (C=O) groups excluding carboxylic acids is 3. The molecule has 0 saturated carbocycles. The Hall–Kier alpha value is -2.96. The van der Waals surface area contributed by atoms with Gasteiger partial charge >= 0.3 is 5.97 Å². The average molecular weight is 313 g/mol. The molecule has 3 rings (SSSR count). The van der Waals surface area contributed by atoms with Gasteiger partial charge in [-0.15, -0.1) is 0 Å². The molecule has 118 valence electrons. The number of amides is 1. The van der Waals surface area contributed by atoms with Gasteiger partial charge < -0.3 is 4.74 Å². The van der Waals surface area contributed by atoms with Gasteiger partial charge in [0.05, 0.1) is 19.3 Å². The second kappa shape index (κ2) is 6.04. The van der Waals surface area contributed by atoms with Crippen molar-refractivity contribution in [3.63, 3.8) is 0 Å². The van der Waals surface area contributed by atoms with Crippen LogP contribution in [0.5, 0.6) is 0 Å². The van der Waals surface area contributed by atoms with Crippen LogP contribution < -0.4 is 4.90 Å². The van der Waals surface area contributed by atoms with Crippen molar-refractivity contribution in [3.05, 3.63) is 48.2 Å². The van der Waals surface area contributed by atoms with Gasteiger partial charge in [0.15, 0.2) is 0 Å². The van der Waals surface area contributed by atoms with Gasteiger partial charge in [-0.2, -0.15) is 9.78 Å². The highest BCUT2D eigenvalue weighted by Crippen LogP contribution is 2.26. The smallest absolute Gasteiger partial charge is 0.328 e. The quantitative estimate of drug-likeness (QED) is 0.627. The van der Waals surface area contributed by atoms with Crippen LogP contribution in [0, 0.1) is 5.92 Å². The summed E-state index contributed by atoms with van der Waals surface area (Å²) in [6.07, 6.45) is 1.42. The van der Waals surface area contributed by atoms with E-state index in [0.717, 1.165) is 10.2 Å². The molecule has 1 aromatic heterocycles. The van der Waals surface area contributed by atoms with Crippen molar-refractivity contribution in [2.24, 2.45) is 5.92 Å². The zero-order valence-electron chi connectivity index (χ0n) is 12.5. The predicted octanol–water partition coefficient (Wildman–Crippen LogP) is 1.25. The summed E-state index contributed by atoms with van der Waals surface area (Å²) in [4.78, 5) is 38.4. The largest absolute Gasteiger partial charge is 0.465 e. The van der Waals surface area contributed by atoms with Crippen LogP contribution >= 0.6 is 0 Å². The molecule has 1 unspecified atom stereocenters. The number of anilines is 1. The van der Waals surface area contributed by atoms with Gasteiger partial charge in [0.2, 0.25) is 5.92 Å². The Labute approximate surface area is 132 Å². The van der Waals surface area contributed by atoms with E-state index in [4.69, 9.17) is 4.74 Å². The van der Waals surface area contributed by atoms with Gasteiger partial charge in [0, 0.05) is 6.07 Å². The van der Waals surface area contributed by atoms with Gasteiger partial charge in [-0.1, -0.05) is 30.3 Å². The van der Waals surface area contributed by atoms with Crippen LogP contribution in [-0.2, 0) is 20.9 Å². The summed E-state index contributed by atoms with van der Waals surface area (Å²) in [5.74, 6) is -3.28. The van der Waals surface area contributed by atoms with Crippen molar-refractivity contribution >= 4 is 23.6 Å². The van der Waals surface area contributed by atoms with Crippen LogP contribution in [0.4, 0.5) is 5.82 Å². The number of hydrogen-bond donors (Lipinski definition) is 0. The summed E-state index contributed by atoms with van der Waals surface area (Å²) >= 11 is 0. The summed E-state index contributed by atoms with van der Waals surface area (Å²) in [7, 11) is 0. The molecule has 1 aliphatic heterocycles. The van der Waals surface area contributed by atoms with Crippen molar-refractivity contribution in [1.82, 2.24) is 9.78 Å². The molecule has 0 spiro atoms. The molecule has 1 atom stereocenters. The minimum Gasteiger partial charge on any atom is -0.465 e. The van der Waals surface area contributed by atoms with Gasteiger partial charge in [-0.05, 0) is 12.5 Å². The maximum absolute atomic E-state index is 12.7. The first kappa shape index (κ1) is 15.0. The zero-order chi connectivity index (χ0) is 16.4. The third kappa shape index (κ3) is 2.61. The lowest BCUT2D eigenvalue weighted by Gasteiger charge is -2.30. The number of ether oxygens (including phenoxy) is 1.